The number of hydrogen-bond donors (Lipinski definition) is 0. The lowest BCUT2D eigenvalue weighted by Gasteiger charge is -2.29. The van der Waals surface area contributed by atoms with Crippen molar-refractivity contribution in [1.29, 1.82) is 0 Å². The summed E-state index contributed by atoms with van der Waals surface area (Å²) in [4.78, 5) is 14.9. The molecule has 0 aromatic heterocycles. The number of allylic oxidation sites excluding steroid dienone is 1. The molecule has 0 saturated heterocycles. The molecule has 0 aliphatic carbocycles. The van der Waals surface area contributed by atoms with Gasteiger partial charge >= 0.3 is 0 Å². The minimum Gasteiger partial charge on any atom is -0.493 e. The van der Waals surface area contributed by atoms with Gasteiger partial charge in [-0.3, -0.25) is 4.79 Å². The molecule has 130 valence electrons. The minimum absolute atomic E-state index is 0.0146. The maximum Gasteiger partial charge on any atom is 0.254 e. The van der Waals surface area contributed by atoms with Crippen LogP contribution in [0.15, 0.2) is 49.1 Å². The van der Waals surface area contributed by atoms with Gasteiger partial charge in [0.1, 0.15) is 0 Å². The summed E-state index contributed by atoms with van der Waals surface area (Å²) < 4.78 is 10.9. The van der Waals surface area contributed by atoms with E-state index in [2.05, 4.69) is 18.7 Å². The summed E-state index contributed by atoms with van der Waals surface area (Å²) in [5.74, 6) is 1.24. The quantitative estimate of drug-likeness (QED) is 0.782. The first kappa shape index (κ1) is 17.1. The van der Waals surface area contributed by atoms with Gasteiger partial charge in [0.05, 0.1) is 14.2 Å². The first-order valence-corrected chi connectivity index (χ1v) is 8.39. The highest BCUT2D eigenvalue weighted by atomic mass is 16.5. The molecule has 0 bridgehead atoms. The SMILES string of the molecule is C=CCc1cc(C(=O)N2CCc3ccccc3C2)cc(OC)c1OC. The van der Waals surface area contributed by atoms with Crippen LogP contribution in [0.25, 0.3) is 0 Å². The molecule has 25 heavy (non-hydrogen) atoms. The smallest absolute Gasteiger partial charge is 0.254 e. The Labute approximate surface area is 148 Å². The summed E-state index contributed by atoms with van der Waals surface area (Å²) in [6.07, 6.45) is 3.29. The zero-order valence-electron chi connectivity index (χ0n) is 14.7. The Bertz CT molecular complexity index is 798. The van der Waals surface area contributed by atoms with Crippen LogP contribution in [0, 0.1) is 0 Å². The number of amides is 1. The Balaban J connectivity index is 1.92. The van der Waals surface area contributed by atoms with E-state index in [1.54, 1.807) is 26.4 Å². The lowest BCUT2D eigenvalue weighted by molar-refractivity contribution is 0.0734. The third-order valence-corrected chi connectivity index (χ3v) is 4.58. The topological polar surface area (TPSA) is 38.8 Å². The molecule has 0 N–H and O–H groups in total. The first-order chi connectivity index (χ1) is 12.2. The number of fused-ring (bicyclic) bond motifs is 1. The van der Waals surface area contributed by atoms with Crippen LogP contribution in [0.4, 0.5) is 0 Å². The summed E-state index contributed by atoms with van der Waals surface area (Å²) in [6.45, 7) is 5.15. The molecule has 0 unspecified atom stereocenters. The van der Waals surface area contributed by atoms with Crippen LogP contribution in [0.2, 0.25) is 0 Å². The predicted octanol–water partition coefficient (Wildman–Crippen LogP) is 3.63. The summed E-state index contributed by atoms with van der Waals surface area (Å²) >= 11 is 0. The number of nitrogens with zero attached hydrogens (tertiary/aromatic N) is 1. The number of hydrogen-bond acceptors (Lipinski definition) is 3. The van der Waals surface area contributed by atoms with Crippen LogP contribution in [0.5, 0.6) is 11.5 Å². The molecule has 2 aromatic carbocycles. The number of benzene rings is 2. The van der Waals surface area contributed by atoms with Crippen molar-refractivity contribution in [3.05, 3.63) is 71.3 Å². The highest BCUT2D eigenvalue weighted by Gasteiger charge is 2.23. The minimum atomic E-state index is 0.0146. The van der Waals surface area contributed by atoms with Crippen molar-refractivity contribution in [2.45, 2.75) is 19.4 Å². The van der Waals surface area contributed by atoms with Gasteiger partial charge in [0.15, 0.2) is 11.5 Å². The van der Waals surface area contributed by atoms with Gasteiger partial charge in [-0.25, -0.2) is 0 Å². The largest absolute Gasteiger partial charge is 0.493 e. The van der Waals surface area contributed by atoms with E-state index < -0.39 is 0 Å². The molecule has 0 spiro atoms. The number of rotatable bonds is 5. The molecule has 1 heterocycles. The lowest BCUT2D eigenvalue weighted by atomic mass is 9.98. The van der Waals surface area contributed by atoms with Gasteiger partial charge in [-0.15, -0.1) is 6.58 Å². The fourth-order valence-corrected chi connectivity index (χ4v) is 3.33. The van der Waals surface area contributed by atoms with Gasteiger partial charge in [-0.1, -0.05) is 30.3 Å². The molecule has 3 rings (SSSR count). The summed E-state index contributed by atoms with van der Waals surface area (Å²) in [7, 11) is 3.19. The molecule has 1 aliphatic heterocycles. The van der Waals surface area contributed by atoms with Crippen LogP contribution < -0.4 is 9.47 Å². The molecule has 4 nitrogen and oxygen atoms in total. The van der Waals surface area contributed by atoms with Crippen molar-refractivity contribution in [3.8, 4) is 11.5 Å². The van der Waals surface area contributed by atoms with E-state index in [1.807, 2.05) is 23.1 Å². The molecular weight excluding hydrogens is 314 g/mol. The van der Waals surface area contributed by atoms with Gasteiger partial charge in [0.2, 0.25) is 0 Å². The molecular formula is C21H23NO3. The van der Waals surface area contributed by atoms with E-state index in [1.165, 1.54) is 11.1 Å². The number of carbonyl (C=O) groups excluding carboxylic acids is 1. The summed E-state index contributed by atoms with van der Waals surface area (Å²) in [6, 6.07) is 11.9. The van der Waals surface area contributed by atoms with Gasteiger partial charge in [0.25, 0.3) is 5.91 Å². The Hall–Kier alpha value is -2.75. The first-order valence-electron chi connectivity index (χ1n) is 8.39. The zero-order chi connectivity index (χ0) is 17.8. The molecule has 4 heteroatoms. The van der Waals surface area contributed by atoms with E-state index in [9.17, 15) is 4.79 Å². The van der Waals surface area contributed by atoms with Crippen LogP contribution in [0.3, 0.4) is 0 Å². The molecule has 1 amide bonds. The highest BCUT2D eigenvalue weighted by Crippen LogP contribution is 2.34. The second kappa shape index (κ2) is 7.43. The number of carbonyl (C=O) groups is 1. The molecule has 0 fully saturated rings. The number of ether oxygens (including phenoxy) is 2. The van der Waals surface area contributed by atoms with Crippen molar-refractivity contribution in [1.82, 2.24) is 4.90 Å². The van der Waals surface area contributed by atoms with Crippen molar-refractivity contribution in [3.63, 3.8) is 0 Å². The Morgan fingerprint density at radius 3 is 2.64 bits per heavy atom. The van der Waals surface area contributed by atoms with Crippen LogP contribution >= 0.6 is 0 Å². The van der Waals surface area contributed by atoms with Crippen LogP contribution in [-0.2, 0) is 19.4 Å². The van der Waals surface area contributed by atoms with E-state index in [-0.39, 0.29) is 5.91 Å². The highest BCUT2D eigenvalue weighted by molar-refractivity contribution is 5.95. The monoisotopic (exact) mass is 337 g/mol. The number of methoxy groups -OCH3 is 2. The third-order valence-electron chi connectivity index (χ3n) is 4.58. The Morgan fingerprint density at radius 1 is 1.20 bits per heavy atom. The van der Waals surface area contributed by atoms with Crippen molar-refractivity contribution in [2.24, 2.45) is 0 Å². The Morgan fingerprint density at radius 2 is 1.96 bits per heavy atom. The molecule has 0 saturated carbocycles. The summed E-state index contributed by atoms with van der Waals surface area (Å²) in [5.41, 5.74) is 4.06. The normalized spacial score (nSPS) is 13.1. The van der Waals surface area contributed by atoms with Crippen LogP contribution in [-0.4, -0.2) is 31.6 Å². The maximum atomic E-state index is 13.0. The molecule has 1 aliphatic rings. The predicted molar refractivity (Wildman–Crippen MR) is 98.3 cm³/mol. The van der Waals surface area contributed by atoms with Gasteiger partial charge < -0.3 is 14.4 Å². The fourth-order valence-electron chi connectivity index (χ4n) is 3.33. The van der Waals surface area contributed by atoms with Crippen molar-refractivity contribution >= 4 is 5.91 Å². The molecule has 0 radical (unpaired) electrons. The van der Waals surface area contributed by atoms with Crippen LogP contribution in [0.1, 0.15) is 27.0 Å². The fraction of sp³-hybridized carbons (Fsp3) is 0.286. The average Bonchev–Trinajstić information content (AvgIpc) is 2.66. The second-order valence-electron chi connectivity index (χ2n) is 6.11. The Kier molecular flexibility index (Phi) is 5.08. The van der Waals surface area contributed by atoms with Gasteiger partial charge in [0, 0.05) is 24.2 Å². The van der Waals surface area contributed by atoms with Crippen molar-refractivity contribution < 1.29 is 14.3 Å². The molecule has 0 atom stereocenters. The average molecular weight is 337 g/mol. The lowest BCUT2D eigenvalue weighted by Crippen LogP contribution is -2.36. The third kappa shape index (κ3) is 3.38. The van der Waals surface area contributed by atoms with E-state index in [0.29, 0.717) is 30.0 Å². The van der Waals surface area contributed by atoms with E-state index in [4.69, 9.17) is 9.47 Å². The second-order valence-corrected chi connectivity index (χ2v) is 6.11. The maximum absolute atomic E-state index is 13.0. The van der Waals surface area contributed by atoms with E-state index >= 15 is 0 Å². The van der Waals surface area contributed by atoms with Gasteiger partial charge in [-0.2, -0.15) is 0 Å². The standard InChI is InChI=1S/C21H23NO3/c1-4-7-16-12-18(13-19(24-2)20(16)25-3)21(23)22-11-10-15-8-5-6-9-17(15)14-22/h4-6,8-9,12-13H,1,7,10-11,14H2,2-3H3. The van der Waals surface area contributed by atoms with E-state index in [0.717, 1.165) is 18.5 Å². The summed E-state index contributed by atoms with van der Waals surface area (Å²) in [5, 5.41) is 0. The molecule has 2 aromatic rings. The van der Waals surface area contributed by atoms with Gasteiger partial charge in [-0.05, 0) is 36.1 Å². The van der Waals surface area contributed by atoms with Crippen molar-refractivity contribution in [2.75, 3.05) is 20.8 Å². The zero-order valence-corrected chi connectivity index (χ0v) is 14.7.